The van der Waals surface area contributed by atoms with Crippen molar-refractivity contribution in [2.75, 3.05) is 20.1 Å². The molecule has 0 radical (unpaired) electrons. The highest BCUT2D eigenvalue weighted by Gasteiger charge is 2.32. The monoisotopic (exact) mass is 416 g/mol. The summed E-state index contributed by atoms with van der Waals surface area (Å²) in [5.74, 6) is -3.10. The maximum atomic E-state index is 14.3. The van der Waals surface area contributed by atoms with Crippen LogP contribution in [0.25, 0.3) is 11.1 Å². The van der Waals surface area contributed by atoms with Crippen LogP contribution in [0.1, 0.15) is 22.5 Å². The fraction of sp³-hybridized carbons (Fsp3) is 0.368. The highest BCUT2D eigenvalue weighted by Crippen LogP contribution is 2.37. The van der Waals surface area contributed by atoms with Gasteiger partial charge in [0.15, 0.2) is 5.69 Å². The van der Waals surface area contributed by atoms with Crippen molar-refractivity contribution < 1.29 is 36.6 Å². The molecule has 0 fully saturated rings. The summed E-state index contributed by atoms with van der Waals surface area (Å²) < 4.78 is 70.8. The number of carboxylic acid groups (broad SMARTS) is 1. The van der Waals surface area contributed by atoms with Crippen molar-refractivity contribution in [1.29, 1.82) is 0 Å². The Hall–Kier alpha value is -2.75. The fourth-order valence-electron chi connectivity index (χ4n) is 3.31. The third-order valence-corrected chi connectivity index (χ3v) is 4.49. The van der Waals surface area contributed by atoms with Crippen molar-refractivity contribution in [2.45, 2.75) is 25.1 Å². The van der Waals surface area contributed by atoms with Gasteiger partial charge in [-0.2, -0.15) is 13.2 Å². The van der Waals surface area contributed by atoms with E-state index in [1.165, 1.54) is 19.2 Å². The van der Waals surface area contributed by atoms with Crippen LogP contribution in [-0.4, -0.2) is 53.4 Å². The Bertz CT molecular complexity index is 933. The lowest BCUT2D eigenvalue weighted by Crippen LogP contribution is -2.40. The molecule has 2 heterocycles. The second-order valence-electron chi connectivity index (χ2n) is 6.86. The van der Waals surface area contributed by atoms with Gasteiger partial charge in [0.25, 0.3) is 0 Å². The fourth-order valence-corrected chi connectivity index (χ4v) is 3.31. The number of alkyl halides is 3. The van der Waals surface area contributed by atoms with Gasteiger partial charge in [-0.3, -0.25) is 4.90 Å². The third kappa shape index (κ3) is 5.00. The van der Waals surface area contributed by atoms with Gasteiger partial charge in [-0.25, -0.2) is 18.6 Å². The molecule has 29 heavy (non-hydrogen) atoms. The van der Waals surface area contributed by atoms with E-state index in [4.69, 9.17) is 4.74 Å². The van der Waals surface area contributed by atoms with Gasteiger partial charge < -0.3 is 9.84 Å². The predicted octanol–water partition coefficient (Wildman–Crippen LogP) is 3.91. The van der Waals surface area contributed by atoms with Crippen molar-refractivity contribution in [3.05, 3.63) is 47.2 Å². The van der Waals surface area contributed by atoms with E-state index < -0.39 is 42.1 Å². The molecular weight excluding hydrogens is 399 g/mol. The second kappa shape index (κ2) is 7.94. The summed E-state index contributed by atoms with van der Waals surface area (Å²) in [5.41, 5.74) is 0.206. The molecule has 2 aromatic rings. The minimum absolute atomic E-state index is 0.0104. The summed E-state index contributed by atoms with van der Waals surface area (Å²) in [6.45, 7) is -1.16. The Morgan fingerprint density at radius 3 is 2.62 bits per heavy atom. The highest BCUT2D eigenvalue weighted by atomic mass is 19.4. The average molecular weight is 416 g/mol. The molecule has 5 nitrogen and oxygen atoms in total. The first-order valence-corrected chi connectivity index (χ1v) is 8.68. The van der Waals surface area contributed by atoms with Crippen LogP contribution in [0.2, 0.25) is 0 Å². The van der Waals surface area contributed by atoms with Crippen LogP contribution in [0.4, 0.5) is 22.0 Å². The van der Waals surface area contributed by atoms with Crippen molar-refractivity contribution in [2.24, 2.45) is 0 Å². The van der Waals surface area contributed by atoms with E-state index in [-0.39, 0.29) is 23.6 Å². The second-order valence-corrected chi connectivity index (χ2v) is 6.86. The van der Waals surface area contributed by atoms with Crippen LogP contribution >= 0.6 is 0 Å². The molecular formula is C19H17F5N2O3. The van der Waals surface area contributed by atoms with Crippen LogP contribution in [0, 0.1) is 11.6 Å². The van der Waals surface area contributed by atoms with Crippen LogP contribution in [-0.2, 0) is 6.42 Å². The van der Waals surface area contributed by atoms with Crippen LogP contribution < -0.4 is 4.74 Å². The Balaban J connectivity index is 1.93. The van der Waals surface area contributed by atoms with Gasteiger partial charge in [0.05, 0.1) is 6.54 Å². The number of likely N-dealkylation sites (N-methyl/N-ethyl adjacent to an activating group) is 1. The summed E-state index contributed by atoms with van der Waals surface area (Å²) in [5, 5.41) is 9.31. The molecule has 1 atom stereocenters. The Labute approximate surface area is 162 Å². The number of pyridine rings is 1. The predicted molar refractivity (Wildman–Crippen MR) is 92.8 cm³/mol. The lowest BCUT2D eigenvalue weighted by molar-refractivity contribution is -0.145. The molecule has 1 N–H and O–H groups in total. The number of fused-ring (bicyclic) bond motifs is 1. The van der Waals surface area contributed by atoms with E-state index in [9.17, 15) is 31.9 Å². The third-order valence-electron chi connectivity index (χ3n) is 4.49. The van der Waals surface area contributed by atoms with E-state index in [2.05, 4.69) is 4.98 Å². The minimum atomic E-state index is -4.36. The number of rotatable bonds is 5. The van der Waals surface area contributed by atoms with Crippen molar-refractivity contribution in [3.8, 4) is 17.0 Å². The summed E-state index contributed by atoms with van der Waals surface area (Å²) >= 11 is 0. The molecule has 10 heteroatoms. The van der Waals surface area contributed by atoms with E-state index in [0.717, 1.165) is 11.0 Å². The van der Waals surface area contributed by atoms with Gasteiger partial charge in [-0.05, 0) is 43.7 Å². The average Bonchev–Trinajstić information content (AvgIpc) is 2.59. The normalized spacial score (nSPS) is 16.4. The lowest BCUT2D eigenvalue weighted by atomic mass is 9.94. The number of carboxylic acids is 1. The van der Waals surface area contributed by atoms with Crippen LogP contribution in [0.3, 0.4) is 0 Å². The zero-order valence-corrected chi connectivity index (χ0v) is 15.3. The summed E-state index contributed by atoms with van der Waals surface area (Å²) in [4.78, 5) is 16.4. The first-order chi connectivity index (χ1) is 13.5. The van der Waals surface area contributed by atoms with E-state index in [1.54, 1.807) is 0 Å². The molecule has 3 rings (SSSR count). The van der Waals surface area contributed by atoms with Crippen LogP contribution in [0.5, 0.6) is 5.88 Å². The topological polar surface area (TPSA) is 62.7 Å². The SMILES string of the molecule is CN(C[C@@H]1CCc2c(-c3ccc(F)cc3F)cc(C(=O)O)nc2O1)CC(F)(F)F. The number of ether oxygens (including phenoxy) is 1. The maximum Gasteiger partial charge on any atom is 0.401 e. The Kier molecular flexibility index (Phi) is 5.74. The zero-order valence-electron chi connectivity index (χ0n) is 15.3. The van der Waals surface area contributed by atoms with Crippen LogP contribution in [0.15, 0.2) is 24.3 Å². The number of aromatic nitrogens is 1. The van der Waals surface area contributed by atoms with E-state index in [1.807, 2.05) is 0 Å². The number of aromatic carboxylic acids is 1. The van der Waals surface area contributed by atoms with E-state index in [0.29, 0.717) is 24.5 Å². The molecule has 1 aromatic carbocycles. The first kappa shape index (κ1) is 21.0. The largest absolute Gasteiger partial charge is 0.477 e. The van der Waals surface area contributed by atoms with Gasteiger partial charge in [0, 0.05) is 23.7 Å². The van der Waals surface area contributed by atoms with Gasteiger partial charge in [0.1, 0.15) is 17.7 Å². The van der Waals surface area contributed by atoms with Gasteiger partial charge in [-0.15, -0.1) is 0 Å². The highest BCUT2D eigenvalue weighted by molar-refractivity contribution is 5.88. The molecule has 0 unspecified atom stereocenters. The van der Waals surface area contributed by atoms with Gasteiger partial charge in [0.2, 0.25) is 5.88 Å². The number of nitrogens with zero attached hydrogens (tertiary/aromatic N) is 2. The molecule has 0 spiro atoms. The summed E-state index contributed by atoms with van der Waals surface area (Å²) in [6.07, 6.45) is -4.38. The molecule has 0 saturated heterocycles. The van der Waals surface area contributed by atoms with E-state index >= 15 is 0 Å². The molecule has 156 valence electrons. The summed E-state index contributed by atoms with van der Waals surface area (Å²) in [7, 11) is 1.30. The summed E-state index contributed by atoms with van der Waals surface area (Å²) in [6, 6.07) is 4.09. The molecule has 1 aliphatic rings. The van der Waals surface area contributed by atoms with Crippen molar-refractivity contribution in [3.63, 3.8) is 0 Å². The van der Waals surface area contributed by atoms with Gasteiger partial charge >= 0.3 is 12.1 Å². The minimum Gasteiger partial charge on any atom is -0.477 e. The van der Waals surface area contributed by atoms with Crippen molar-refractivity contribution in [1.82, 2.24) is 9.88 Å². The zero-order chi connectivity index (χ0) is 21.3. The number of carbonyl (C=O) groups is 1. The smallest absolute Gasteiger partial charge is 0.401 e. The Morgan fingerprint density at radius 1 is 1.28 bits per heavy atom. The number of benzene rings is 1. The molecule has 0 amide bonds. The van der Waals surface area contributed by atoms with Gasteiger partial charge in [-0.1, -0.05) is 0 Å². The molecule has 1 aliphatic heterocycles. The maximum absolute atomic E-state index is 14.3. The Morgan fingerprint density at radius 2 is 2.00 bits per heavy atom. The number of hydrogen-bond acceptors (Lipinski definition) is 4. The molecule has 0 saturated carbocycles. The van der Waals surface area contributed by atoms with Crippen molar-refractivity contribution >= 4 is 5.97 Å². The standard InChI is InChI=1S/C19H17F5N2O3/c1-26(9-19(22,23)24)8-11-3-5-13-14(12-4-2-10(20)6-15(12)21)7-16(18(27)28)25-17(13)29-11/h2,4,6-7,11H,3,5,8-9H2,1H3,(H,27,28)/t11-/m0/s1. The lowest BCUT2D eigenvalue weighted by Gasteiger charge is -2.30. The number of halogens is 5. The molecule has 0 bridgehead atoms. The molecule has 1 aromatic heterocycles. The first-order valence-electron chi connectivity index (χ1n) is 8.68. The molecule has 0 aliphatic carbocycles. The quantitative estimate of drug-likeness (QED) is 0.749. The number of hydrogen-bond donors (Lipinski definition) is 1.